The zero-order valence-corrected chi connectivity index (χ0v) is 17.2. The fourth-order valence-corrected chi connectivity index (χ4v) is 3.79. The molecule has 0 aromatic heterocycles. The van der Waals surface area contributed by atoms with E-state index in [0.717, 1.165) is 18.4 Å². The predicted octanol–water partition coefficient (Wildman–Crippen LogP) is 4.13. The van der Waals surface area contributed by atoms with Crippen LogP contribution in [-0.2, 0) is 21.2 Å². The minimum Gasteiger partial charge on any atom is -0.495 e. The summed E-state index contributed by atoms with van der Waals surface area (Å²) in [6.07, 6.45) is 1.72. The number of aryl methyl sites for hydroxylation is 1. The van der Waals surface area contributed by atoms with Gasteiger partial charge in [-0.25, -0.2) is 8.42 Å². The van der Waals surface area contributed by atoms with Gasteiger partial charge in [-0.15, -0.1) is 0 Å². The Balaban J connectivity index is 2.17. The summed E-state index contributed by atoms with van der Waals surface area (Å²) in [5, 5.41) is 0.328. The maximum atomic E-state index is 12.7. The number of anilines is 1. The highest BCUT2D eigenvalue weighted by molar-refractivity contribution is 7.92. The summed E-state index contributed by atoms with van der Waals surface area (Å²) >= 11 is 6.06. The van der Waals surface area contributed by atoms with Gasteiger partial charge in [0, 0.05) is 25.3 Å². The molecule has 0 amide bonds. The van der Waals surface area contributed by atoms with Crippen molar-refractivity contribution in [2.45, 2.75) is 24.7 Å². The smallest absolute Gasteiger partial charge is 0.262 e. The van der Waals surface area contributed by atoms with Crippen molar-refractivity contribution in [3.63, 3.8) is 0 Å². The molecule has 0 spiro atoms. The van der Waals surface area contributed by atoms with Crippen LogP contribution in [0.2, 0.25) is 5.02 Å². The molecule has 0 radical (unpaired) electrons. The maximum absolute atomic E-state index is 12.7. The molecule has 6 nitrogen and oxygen atoms in total. The molecule has 0 saturated heterocycles. The lowest BCUT2D eigenvalue weighted by Crippen LogP contribution is -2.14. The van der Waals surface area contributed by atoms with Gasteiger partial charge in [0.05, 0.1) is 29.8 Å². The molecular weight excluding hydrogens is 390 g/mol. The summed E-state index contributed by atoms with van der Waals surface area (Å²) in [5.74, 6) is 0.650. The van der Waals surface area contributed by atoms with Crippen LogP contribution in [-0.4, -0.2) is 35.9 Å². The first-order chi connectivity index (χ1) is 12.9. The zero-order chi connectivity index (χ0) is 19.9. The zero-order valence-electron chi connectivity index (χ0n) is 15.6. The molecule has 0 aliphatic carbocycles. The van der Waals surface area contributed by atoms with Gasteiger partial charge < -0.3 is 14.2 Å². The first-order valence-electron chi connectivity index (χ1n) is 8.52. The number of benzene rings is 2. The van der Waals surface area contributed by atoms with Crippen molar-refractivity contribution in [3.8, 4) is 11.5 Å². The molecule has 0 bridgehead atoms. The average Bonchev–Trinajstić information content (AvgIpc) is 2.66. The van der Waals surface area contributed by atoms with E-state index in [1.807, 2.05) is 6.92 Å². The van der Waals surface area contributed by atoms with E-state index < -0.39 is 10.0 Å². The molecule has 0 aliphatic rings. The van der Waals surface area contributed by atoms with Crippen molar-refractivity contribution >= 4 is 27.3 Å². The van der Waals surface area contributed by atoms with Gasteiger partial charge in [-0.05, 0) is 37.5 Å². The number of halogens is 1. The molecule has 148 valence electrons. The van der Waals surface area contributed by atoms with Crippen molar-refractivity contribution in [1.29, 1.82) is 0 Å². The normalized spacial score (nSPS) is 11.3. The quantitative estimate of drug-likeness (QED) is 0.593. The summed E-state index contributed by atoms with van der Waals surface area (Å²) in [6, 6.07) is 9.76. The van der Waals surface area contributed by atoms with E-state index in [1.165, 1.54) is 26.4 Å². The Labute approximate surface area is 165 Å². The molecule has 8 heteroatoms. The van der Waals surface area contributed by atoms with Crippen LogP contribution in [0.25, 0.3) is 0 Å². The number of nitrogens with one attached hydrogen (secondary N) is 1. The third-order valence-electron chi connectivity index (χ3n) is 3.91. The van der Waals surface area contributed by atoms with Crippen molar-refractivity contribution in [1.82, 2.24) is 0 Å². The molecular formula is C19H24ClNO5S. The van der Waals surface area contributed by atoms with Crippen molar-refractivity contribution in [3.05, 3.63) is 47.0 Å². The highest BCUT2D eigenvalue weighted by atomic mass is 35.5. The largest absolute Gasteiger partial charge is 0.495 e. The molecule has 0 unspecified atom stereocenters. The van der Waals surface area contributed by atoms with Crippen molar-refractivity contribution in [2.24, 2.45) is 0 Å². The lowest BCUT2D eigenvalue weighted by molar-refractivity contribution is 0.145. The monoisotopic (exact) mass is 413 g/mol. The Morgan fingerprint density at radius 1 is 1.04 bits per heavy atom. The van der Waals surface area contributed by atoms with Crippen LogP contribution in [0, 0.1) is 0 Å². The lowest BCUT2D eigenvalue weighted by Gasteiger charge is -2.14. The molecule has 2 aromatic carbocycles. The predicted molar refractivity (Wildman–Crippen MR) is 107 cm³/mol. The summed E-state index contributed by atoms with van der Waals surface area (Å²) in [7, 11) is -0.891. The lowest BCUT2D eigenvalue weighted by atomic mass is 10.1. The number of rotatable bonds is 10. The first-order valence-corrected chi connectivity index (χ1v) is 10.4. The fourth-order valence-electron chi connectivity index (χ4n) is 2.50. The molecule has 2 aromatic rings. The van der Waals surface area contributed by atoms with Gasteiger partial charge in [-0.3, -0.25) is 4.72 Å². The van der Waals surface area contributed by atoms with Crippen molar-refractivity contribution in [2.75, 3.05) is 32.2 Å². The topological polar surface area (TPSA) is 73.9 Å². The van der Waals surface area contributed by atoms with E-state index in [0.29, 0.717) is 29.7 Å². The van der Waals surface area contributed by atoms with Crippen LogP contribution in [0.5, 0.6) is 11.5 Å². The Morgan fingerprint density at radius 2 is 1.70 bits per heavy atom. The Morgan fingerprint density at radius 3 is 2.30 bits per heavy atom. The highest BCUT2D eigenvalue weighted by Crippen LogP contribution is 2.36. The average molecular weight is 414 g/mol. The standard InChI is InChI=1S/C19H24ClNO5S/c1-4-26-11-5-6-14-7-9-15(10-8-14)27(22,23)21-17-13-18(24-2)16(20)12-19(17)25-3/h7-10,12-13,21H,4-6,11H2,1-3H3. The second-order valence-corrected chi connectivity index (χ2v) is 7.83. The maximum Gasteiger partial charge on any atom is 0.262 e. The first kappa shape index (κ1) is 21.3. The van der Waals surface area contributed by atoms with E-state index in [-0.39, 0.29) is 10.6 Å². The molecule has 2 rings (SSSR count). The van der Waals surface area contributed by atoms with Gasteiger partial charge in [-0.2, -0.15) is 0 Å². The van der Waals surface area contributed by atoms with Crippen LogP contribution in [0.3, 0.4) is 0 Å². The molecule has 1 N–H and O–H groups in total. The fraction of sp³-hybridized carbons (Fsp3) is 0.368. The number of hydrogen-bond donors (Lipinski definition) is 1. The molecule has 0 fully saturated rings. The molecule has 27 heavy (non-hydrogen) atoms. The summed E-state index contributed by atoms with van der Waals surface area (Å²) < 4.78 is 43.6. The van der Waals surface area contributed by atoms with Gasteiger partial charge in [0.1, 0.15) is 11.5 Å². The van der Waals surface area contributed by atoms with Gasteiger partial charge in [0.15, 0.2) is 0 Å². The van der Waals surface area contributed by atoms with E-state index in [4.69, 9.17) is 25.8 Å². The van der Waals surface area contributed by atoms with E-state index in [2.05, 4.69) is 4.72 Å². The number of methoxy groups -OCH3 is 2. The van der Waals surface area contributed by atoms with Gasteiger partial charge in [0.25, 0.3) is 10.0 Å². The van der Waals surface area contributed by atoms with E-state index in [1.54, 1.807) is 24.3 Å². The van der Waals surface area contributed by atoms with Crippen LogP contribution in [0.1, 0.15) is 18.9 Å². The Kier molecular flexibility index (Phi) is 7.77. The number of ether oxygens (including phenoxy) is 3. The second-order valence-electron chi connectivity index (χ2n) is 5.74. The van der Waals surface area contributed by atoms with Gasteiger partial charge in [-0.1, -0.05) is 23.7 Å². The minimum atomic E-state index is -3.78. The van der Waals surface area contributed by atoms with Crippen LogP contribution in [0.15, 0.2) is 41.3 Å². The van der Waals surface area contributed by atoms with Gasteiger partial charge in [0.2, 0.25) is 0 Å². The Bertz CT molecular complexity index is 853. The molecule has 0 saturated carbocycles. The summed E-state index contributed by atoms with van der Waals surface area (Å²) in [6.45, 7) is 3.34. The number of hydrogen-bond acceptors (Lipinski definition) is 5. The van der Waals surface area contributed by atoms with Crippen LogP contribution < -0.4 is 14.2 Å². The van der Waals surface area contributed by atoms with Crippen LogP contribution in [0.4, 0.5) is 5.69 Å². The summed E-state index contributed by atoms with van der Waals surface area (Å²) in [4.78, 5) is 0.159. The molecule has 0 aliphatic heterocycles. The van der Waals surface area contributed by atoms with E-state index in [9.17, 15) is 8.42 Å². The third-order valence-corrected chi connectivity index (χ3v) is 5.59. The Hall–Kier alpha value is -1.96. The SMILES string of the molecule is CCOCCCc1ccc(S(=O)(=O)Nc2cc(OC)c(Cl)cc2OC)cc1. The van der Waals surface area contributed by atoms with Crippen LogP contribution >= 0.6 is 11.6 Å². The number of sulfonamides is 1. The second kappa shape index (κ2) is 9.82. The van der Waals surface area contributed by atoms with Crippen molar-refractivity contribution < 1.29 is 22.6 Å². The minimum absolute atomic E-state index is 0.159. The van der Waals surface area contributed by atoms with Gasteiger partial charge >= 0.3 is 0 Å². The highest BCUT2D eigenvalue weighted by Gasteiger charge is 2.18. The molecule has 0 heterocycles. The molecule has 0 atom stereocenters. The van der Waals surface area contributed by atoms with E-state index >= 15 is 0 Å². The third kappa shape index (κ3) is 5.76. The summed E-state index contributed by atoms with van der Waals surface area (Å²) in [5.41, 5.74) is 1.30.